The Balaban J connectivity index is 1.84. The number of nitrogens with one attached hydrogen (secondary N) is 1. The highest BCUT2D eigenvalue weighted by atomic mass is 19.4. The molecule has 0 atom stereocenters. The highest BCUT2D eigenvalue weighted by molar-refractivity contribution is 5.63. The molecule has 4 nitrogen and oxygen atoms in total. The van der Waals surface area contributed by atoms with Crippen molar-refractivity contribution in [2.24, 2.45) is 0 Å². The summed E-state index contributed by atoms with van der Waals surface area (Å²) in [5.41, 5.74) is 0.980. The van der Waals surface area contributed by atoms with E-state index in [-0.39, 0.29) is 5.69 Å². The number of alkyl halides is 3. The fourth-order valence-corrected chi connectivity index (χ4v) is 2.25. The van der Waals surface area contributed by atoms with Crippen LogP contribution in [0.2, 0.25) is 0 Å². The van der Waals surface area contributed by atoms with Crippen LogP contribution in [0.4, 0.5) is 24.7 Å². The van der Waals surface area contributed by atoms with Crippen molar-refractivity contribution in [3.63, 3.8) is 0 Å². The summed E-state index contributed by atoms with van der Waals surface area (Å²) >= 11 is 0. The van der Waals surface area contributed by atoms with Crippen LogP contribution in [0.15, 0.2) is 60.9 Å². The number of ether oxygens (including phenoxy) is 1. The minimum absolute atomic E-state index is 0.288. The summed E-state index contributed by atoms with van der Waals surface area (Å²) in [6.45, 7) is 0. The molecule has 0 spiro atoms. The van der Waals surface area contributed by atoms with Crippen LogP contribution in [0.5, 0.6) is 5.75 Å². The fraction of sp³-hybridized carbons (Fsp3) is 0.111. The normalized spacial score (nSPS) is 11.2. The van der Waals surface area contributed by atoms with Gasteiger partial charge in [-0.3, -0.25) is 4.98 Å². The van der Waals surface area contributed by atoms with Crippen LogP contribution >= 0.6 is 0 Å². The summed E-state index contributed by atoms with van der Waals surface area (Å²) in [7, 11) is 1.58. The highest BCUT2D eigenvalue weighted by Crippen LogP contribution is 2.31. The maximum atomic E-state index is 12.8. The third kappa shape index (κ3) is 4.06. The van der Waals surface area contributed by atoms with Gasteiger partial charge in [-0.15, -0.1) is 0 Å². The molecule has 0 amide bonds. The number of methoxy groups -OCH3 is 1. The van der Waals surface area contributed by atoms with Gasteiger partial charge >= 0.3 is 6.18 Å². The zero-order valence-electron chi connectivity index (χ0n) is 13.2. The van der Waals surface area contributed by atoms with E-state index < -0.39 is 11.7 Å². The average Bonchev–Trinajstić information content (AvgIpc) is 2.61. The minimum atomic E-state index is -4.39. The molecule has 0 aliphatic heterocycles. The summed E-state index contributed by atoms with van der Waals surface area (Å²) < 4.78 is 43.5. The van der Waals surface area contributed by atoms with E-state index in [0.717, 1.165) is 23.4 Å². The predicted octanol–water partition coefficient (Wildman–Crippen LogP) is 4.91. The van der Waals surface area contributed by atoms with Crippen LogP contribution in [0.1, 0.15) is 5.56 Å². The zero-order chi connectivity index (χ0) is 17.9. The lowest BCUT2D eigenvalue weighted by atomic mass is 10.1. The first-order valence-electron chi connectivity index (χ1n) is 7.36. The molecule has 2 aromatic carbocycles. The second-order valence-corrected chi connectivity index (χ2v) is 5.22. The molecule has 0 aliphatic rings. The van der Waals surface area contributed by atoms with E-state index in [9.17, 15) is 13.2 Å². The Hall–Kier alpha value is -3.09. The molecular weight excluding hydrogens is 331 g/mol. The van der Waals surface area contributed by atoms with Crippen molar-refractivity contribution in [3.05, 3.63) is 66.5 Å². The first-order chi connectivity index (χ1) is 12.0. The van der Waals surface area contributed by atoms with Crippen molar-refractivity contribution in [3.8, 4) is 17.0 Å². The number of aromatic nitrogens is 2. The summed E-state index contributed by atoms with van der Waals surface area (Å²) in [6.07, 6.45) is -1.36. The van der Waals surface area contributed by atoms with Gasteiger partial charge in [0.25, 0.3) is 0 Å². The second kappa shape index (κ2) is 6.80. The highest BCUT2D eigenvalue weighted by Gasteiger charge is 2.30. The lowest BCUT2D eigenvalue weighted by Crippen LogP contribution is -2.05. The van der Waals surface area contributed by atoms with Crippen LogP contribution in [0, 0.1) is 0 Å². The van der Waals surface area contributed by atoms with E-state index in [1.807, 2.05) is 12.1 Å². The molecule has 3 rings (SSSR count). The van der Waals surface area contributed by atoms with Gasteiger partial charge in [-0.1, -0.05) is 6.07 Å². The maximum Gasteiger partial charge on any atom is 0.416 e. The Morgan fingerprint density at radius 1 is 1.00 bits per heavy atom. The average molecular weight is 345 g/mol. The zero-order valence-corrected chi connectivity index (χ0v) is 13.2. The molecule has 1 heterocycles. The Morgan fingerprint density at radius 3 is 2.44 bits per heavy atom. The number of anilines is 2. The van der Waals surface area contributed by atoms with Gasteiger partial charge in [0.05, 0.1) is 30.8 Å². The predicted molar refractivity (Wildman–Crippen MR) is 88.7 cm³/mol. The third-order valence-corrected chi connectivity index (χ3v) is 3.48. The van der Waals surface area contributed by atoms with Crippen molar-refractivity contribution in [1.29, 1.82) is 0 Å². The van der Waals surface area contributed by atoms with Gasteiger partial charge in [0.2, 0.25) is 0 Å². The minimum Gasteiger partial charge on any atom is -0.497 e. The molecular formula is C18H14F3N3O. The first-order valence-corrected chi connectivity index (χ1v) is 7.36. The summed E-state index contributed by atoms with van der Waals surface area (Å²) in [5.74, 6) is 1.07. The molecule has 25 heavy (non-hydrogen) atoms. The standard InChI is InChI=1S/C18H14F3N3O/c1-25-15-7-5-12(6-8-15)16-10-22-11-17(24-16)23-14-4-2-3-13(9-14)18(19,20)21/h2-11H,1H3,(H,23,24). The number of hydrogen-bond acceptors (Lipinski definition) is 4. The number of halogens is 3. The van der Waals surface area contributed by atoms with Crippen molar-refractivity contribution < 1.29 is 17.9 Å². The second-order valence-electron chi connectivity index (χ2n) is 5.22. The Labute approximate surface area is 142 Å². The topological polar surface area (TPSA) is 47.0 Å². The van der Waals surface area contributed by atoms with Crippen LogP contribution in [-0.4, -0.2) is 17.1 Å². The third-order valence-electron chi connectivity index (χ3n) is 3.48. The van der Waals surface area contributed by atoms with Gasteiger partial charge < -0.3 is 10.1 Å². The lowest BCUT2D eigenvalue weighted by Gasteiger charge is -2.11. The van der Waals surface area contributed by atoms with Gasteiger partial charge in [-0.05, 0) is 42.5 Å². The first kappa shape index (κ1) is 16.8. The number of rotatable bonds is 4. The van der Waals surface area contributed by atoms with E-state index in [2.05, 4.69) is 15.3 Å². The van der Waals surface area contributed by atoms with Gasteiger partial charge in [0, 0.05) is 11.3 Å². The van der Waals surface area contributed by atoms with Crippen molar-refractivity contribution in [1.82, 2.24) is 9.97 Å². The molecule has 3 aromatic rings. The molecule has 0 saturated carbocycles. The maximum absolute atomic E-state index is 12.8. The van der Waals surface area contributed by atoms with Crippen molar-refractivity contribution in [2.75, 3.05) is 12.4 Å². The molecule has 0 bridgehead atoms. The fourth-order valence-electron chi connectivity index (χ4n) is 2.25. The summed E-state index contributed by atoms with van der Waals surface area (Å²) in [6, 6.07) is 12.2. The van der Waals surface area contributed by atoms with Crippen molar-refractivity contribution in [2.45, 2.75) is 6.18 Å². The largest absolute Gasteiger partial charge is 0.497 e. The van der Waals surface area contributed by atoms with Crippen molar-refractivity contribution >= 4 is 11.5 Å². The SMILES string of the molecule is COc1ccc(-c2cncc(Nc3cccc(C(F)(F)F)c3)n2)cc1. The van der Waals surface area contributed by atoms with E-state index in [1.165, 1.54) is 18.3 Å². The monoisotopic (exact) mass is 345 g/mol. The molecule has 7 heteroatoms. The molecule has 0 radical (unpaired) electrons. The van der Waals surface area contributed by atoms with Gasteiger partial charge in [-0.25, -0.2) is 4.98 Å². The molecule has 1 N–H and O–H groups in total. The smallest absolute Gasteiger partial charge is 0.416 e. The molecule has 1 aromatic heterocycles. The Kier molecular flexibility index (Phi) is 4.56. The number of benzene rings is 2. The number of nitrogens with zero attached hydrogens (tertiary/aromatic N) is 2. The van der Waals surface area contributed by atoms with Gasteiger partial charge in [-0.2, -0.15) is 13.2 Å². The van der Waals surface area contributed by atoms with Crippen LogP contribution in [-0.2, 0) is 6.18 Å². The molecule has 128 valence electrons. The lowest BCUT2D eigenvalue weighted by molar-refractivity contribution is -0.137. The molecule has 0 aliphatic carbocycles. The summed E-state index contributed by atoms with van der Waals surface area (Å²) in [5, 5.41) is 2.85. The molecule has 0 saturated heterocycles. The van der Waals surface area contributed by atoms with E-state index in [1.54, 1.807) is 25.4 Å². The van der Waals surface area contributed by atoms with E-state index in [0.29, 0.717) is 11.5 Å². The van der Waals surface area contributed by atoms with Crippen LogP contribution < -0.4 is 10.1 Å². The van der Waals surface area contributed by atoms with Gasteiger partial charge in [0.1, 0.15) is 11.6 Å². The summed E-state index contributed by atoms with van der Waals surface area (Å²) in [4.78, 5) is 8.48. The molecule has 0 unspecified atom stereocenters. The van der Waals surface area contributed by atoms with E-state index in [4.69, 9.17) is 4.74 Å². The Morgan fingerprint density at radius 2 is 1.76 bits per heavy atom. The van der Waals surface area contributed by atoms with E-state index >= 15 is 0 Å². The van der Waals surface area contributed by atoms with Gasteiger partial charge in [0.15, 0.2) is 0 Å². The van der Waals surface area contributed by atoms with Crippen LogP contribution in [0.3, 0.4) is 0 Å². The number of hydrogen-bond donors (Lipinski definition) is 1. The Bertz CT molecular complexity index is 864. The molecule has 0 fully saturated rings. The quantitative estimate of drug-likeness (QED) is 0.729. The van der Waals surface area contributed by atoms with Crippen LogP contribution in [0.25, 0.3) is 11.3 Å².